The van der Waals surface area contributed by atoms with Crippen LogP contribution in [0.3, 0.4) is 0 Å². The van der Waals surface area contributed by atoms with Crippen molar-refractivity contribution in [3.8, 4) is 23.3 Å². The van der Waals surface area contributed by atoms with Gasteiger partial charge in [-0.05, 0) is 77.0 Å². The highest BCUT2D eigenvalue weighted by Gasteiger charge is 2.15. The second kappa shape index (κ2) is 12.3. The molecule has 0 heterocycles. The van der Waals surface area contributed by atoms with Crippen molar-refractivity contribution < 1.29 is 19.0 Å². The van der Waals surface area contributed by atoms with Gasteiger partial charge in [0.1, 0.15) is 24.0 Å². The molecule has 0 radical (unpaired) electrons. The summed E-state index contributed by atoms with van der Waals surface area (Å²) in [5.74, 6) is 1.19. The van der Waals surface area contributed by atoms with Gasteiger partial charge in [0.05, 0.1) is 18.2 Å². The quantitative estimate of drug-likeness (QED) is 0.222. The molecule has 0 aromatic heterocycles. The molecule has 0 atom stereocenters. The third kappa shape index (κ3) is 6.62. The van der Waals surface area contributed by atoms with E-state index in [1.165, 1.54) is 6.08 Å². The fourth-order valence-electron chi connectivity index (χ4n) is 3.03. The number of anilines is 1. The largest absolute Gasteiger partial charge is 0.497 e. The molecular formula is C26H22Br2N2O4. The molecule has 8 heteroatoms. The van der Waals surface area contributed by atoms with E-state index in [9.17, 15) is 10.1 Å². The summed E-state index contributed by atoms with van der Waals surface area (Å²) >= 11 is 7.06. The van der Waals surface area contributed by atoms with E-state index >= 15 is 0 Å². The van der Waals surface area contributed by atoms with Gasteiger partial charge in [-0.25, -0.2) is 0 Å². The van der Waals surface area contributed by atoms with E-state index in [1.807, 2.05) is 37.3 Å². The summed E-state index contributed by atoms with van der Waals surface area (Å²) in [7, 11) is 1.57. The van der Waals surface area contributed by atoms with Crippen LogP contribution in [0.2, 0.25) is 0 Å². The summed E-state index contributed by atoms with van der Waals surface area (Å²) in [6.45, 7) is 2.63. The Bertz CT molecular complexity index is 1230. The van der Waals surface area contributed by atoms with E-state index in [0.717, 1.165) is 10.0 Å². The molecule has 0 aliphatic rings. The van der Waals surface area contributed by atoms with Gasteiger partial charge in [0.2, 0.25) is 0 Å². The van der Waals surface area contributed by atoms with E-state index in [1.54, 1.807) is 43.5 Å². The van der Waals surface area contributed by atoms with Gasteiger partial charge in [-0.3, -0.25) is 4.79 Å². The highest BCUT2D eigenvalue weighted by molar-refractivity contribution is 9.10. The molecule has 3 rings (SSSR count). The van der Waals surface area contributed by atoms with Gasteiger partial charge in [0, 0.05) is 15.7 Å². The first-order chi connectivity index (χ1) is 16.4. The first-order valence-electron chi connectivity index (χ1n) is 10.3. The Hall–Kier alpha value is -3.28. The maximum Gasteiger partial charge on any atom is 0.266 e. The lowest BCUT2D eigenvalue weighted by molar-refractivity contribution is -0.112. The van der Waals surface area contributed by atoms with Crippen LogP contribution in [-0.2, 0) is 11.4 Å². The van der Waals surface area contributed by atoms with Gasteiger partial charge in [-0.2, -0.15) is 5.26 Å². The minimum atomic E-state index is -0.518. The van der Waals surface area contributed by atoms with E-state index in [2.05, 4.69) is 37.2 Å². The van der Waals surface area contributed by atoms with Crippen molar-refractivity contribution >= 4 is 49.5 Å². The minimum absolute atomic E-state index is 0.0490. The highest BCUT2D eigenvalue weighted by Crippen LogP contribution is 2.38. The Kier molecular flexibility index (Phi) is 9.14. The zero-order valence-corrected chi connectivity index (χ0v) is 21.8. The van der Waals surface area contributed by atoms with Crippen LogP contribution in [0, 0.1) is 11.3 Å². The Morgan fingerprint density at radius 1 is 1.06 bits per heavy atom. The van der Waals surface area contributed by atoms with Crippen molar-refractivity contribution in [2.45, 2.75) is 13.5 Å². The van der Waals surface area contributed by atoms with Gasteiger partial charge in [0.15, 0.2) is 11.5 Å². The average Bonchev–Trinajstić information content (AvgIpc) is 2.83. The van der Waals surface area contributed by atoms with Crippen molar-refractivity contribution in [2.75, 3.05) is 19.0 Å². The van der Waals surface area contributed by atoms with E-state index in [4.69, 9.17) is 14.2 Å². The van der Waals surface area contributed by atoms with Gasteiger partial charge in [-0.15, -0.1) is 0 Å². The topological polar surface area (TPSA) is 80.6 Å². The van der Waals surface area contributed by atoms with Crippen LogP contribution < -0.4 is 19.5 Å². The molecule has 174 valence electrons. The maximum absolute atomic E-state index is 12.7. The number of halogens is 2. The first kappa shape index (κ1) is 25.3. The molecule has 3 aromatic carbocycles. The van der Waals surface area contributed by atoms with Gasteiger partial charge in [-0.1, -0.05) is 34.1 Å². The van der Waals surface area contributed by atoms with Crippen molar-refractivity contribution in [2.24, 2.45) is 0 Å². The van der Waals surface area contributed by atoms with E-state index in [-0.39, 0.29) is 5.57 Å². The molecule has 0 unspecified atom stereocenters. The lowest BCUT2D eigenvalue weighted by atomic mass is 10.1. The number of benzene rings is 3. The number of ether oxygens (including phenoxy) is 3. The smallest absolute Gasteiger partial charge is 0.266 e. The normalized spacial score (nSPS) is 10.9. The number of carbonyl (C=O) groups is 1. The molecule has 34 heavy (non-hydrogen) atoms. The van der Waals surface area contributed by atoms with Crippen LogP contribution in [-0.4, -0.2) is 19.6 Å². The Labute approximate surface area is 215 Å². The molecule has 0 saturated carbocycles. The highest BCUT2D eigenvalue weighted by atomic mass is 79.9. The Morgan fingerprint density at radius 3 is 2.44 bits per heavy atom. The molecule has 0 spiro atoms. The Balaban J connectivity index is 1.83. The van der Waals surface area contributed by atoms with Crippen LogP contribution in [0.5, 0.6) is 17.2 Å². The molecule has 0 aliphatic carbocycles. The number of methoxy groups -OCH3 is 1. The first-order valence-corrected chi connectivity index (χ1v) is 11.9. The predicted octanol–water partition coefficient (Wildman–Crippen LogP) is 6.74. The zero-order valence-electron chi connectivity index (χ0n) is 18.6. The average molecular weight is 586 g/mol. The van der Waals surface area contributed by atoms with Gasteiger partial charge in [0.25, 0.3) is 5.91 Å². The summed E-state index contributed by atoms with van der Waals surface area (Å²) in [6.07, 6.45) is 1.50. The fraction of sp³-hybridized carbons (Fsp3) is 0.154. The minimum Gasteiger partial charge on any atom is -0.497 e. The van der Waals surface area contributed by atoms with Crippen molar-refractivity contribution in [1.29, 1.82) is 5.26 Å². The number of rotatable bonds is 9. The van der Waals surface area contributed by atoms with Crippen molar-refractivity contribution in [1.82, 2.24) is 0 Å². The molecule has 1 amide bonds. The number of nitriles is 1. The van der Waals surface area contributed by atoms with Crippen molar-refractivity contribution in [3.63, 3.8) is 0 Å². The zero-order chi connectivity index (χ0) is 24.5. The molecular weight excluding hydrogens is 564 g/mol. The molecule has 0 bridgehead atoms. The van der Waals surface area contributed by atoms with Crippen LogP contribution in [0.4, 0.5) is 5.69 Å². The molecule has 3 aromatic rings. The SMILES string of the molecule is CCOc1cc(/C=C(\C#N)C(=O)Nc2ccc(OC)cc2)cc(Br)c1OCc1ccccc1Br. The third-order valence-electron chi connectivity index (χ3n) is 4.69. The molecule has 0 saturated heterocycles. The summed E-state index contributed by atoms with van der Waals surface area (Å²) in [5.41, 5.74) is 2.11. The predicted molar refractivity (Wildman–Crippen MR) is 139 cm³/mol. The number of nitrogens with zero attached hydrogens (tertiary/aromatic N) is 1. The van der Waals surface area contributed by atoms with Crippen molar-refractivity contribution in [3.05, 3.63) is 86.3 Å². The lowest BCUT2D eigenvalue weighted by Crippen LogP contribution is -2.13. The second-order valence-corrected chi connectivity index (χ2v) is 8.70. The van der Waals surface area contributed by atoms with Crippen LogP contribution >= 0.6 is 31.9 Å². The number of nitrogens with one attached hydrogen (secondary N) is 1. The summed E-state index contributed by atoms with van der Waals surface area (Å²) in [6, 6.07) is 20.1. The number of carbonyl (C=O) groups excluding carboxylic acids is 1. The van der Waals surface area contributed by atoms with Crippen LogP contribution in [0.25, 0.3) is 6.08 Å². The summed E-state index contributed by atoms with van der Waals surface area (Å²) in [4.78, 5) is 12.7. The fourth-order valence-corrected chi connectivity index (χ4v) is 4.00. The van der Waals surface area contributed by atoms with Gasteiger partial charge < -0.3 is 19.5 Å². The molecule has 0 aliphatic heterocycles. The van der Waals surface area contributed by atoms with Gasteiger partial charge >= 0.3 is 0 Å². The second-order valence-electron chi connectivity index (χ2n) is 7.00. The van der Waals surface area contributed by atoms with E-state index in [0.29, 0.717) is 46.2 Å². The summed E-state index contributed by atoms with van der Waals surface area (Å²) in [5, 5.41) is 12.3. The summed E-state index contributed by atoms with van der Waals surface area (Å²) < 4.78 is 18.5. The van der Waals surface area contributed by atoms with E-state index < -0.39 is 5.91 Å². The monoisotopic (exact) mass is 584 g/mol. The lowest BCUT2D eigenvalue weighted by Gasteiger charge is -2.15. The number of hydrogen-bond acceptors (Lipinski definition) is 5. The molecule has 0 fully saturated rings. The Morgan fingerprint density at radius 2 is 1.79 bits per heavy atom. The number of amides is 1. The van der Waals surface area contributed by atoms with Crippen LogP contribution in [0.15, 0.2) is 75.2 Å². The number of hydrogen-bond donors (Lipinski definition) is 1. The standard InChI is InChI=1S/C26H22Br2N2O4/c1-3-33-24-14-17(13-23(28)25(24)34-16-18-6-4-5-7-22(18)27)12-19(15-29)26(31)30-20-8-10-21(32-2)11-9-20/h4-14H,3,16H2,1-2H3,(H,30,31)/b19-12+. The molecule has 1 N–H and O–H groups in total. The third-order valence-corrected chi connectivity index (χ3v) is 6.05. The van der Waals surface area contributed by atoms with Crippen LogP contribution in [0.1, 0.15) is 18.1 Å². The molecule has 6 nitrogen and oxygen atoms in total. The maximum atomic E-state index is 12.7.